The number of nitrogens with two attached hydrogens (primary N) is 1. The molecule has 0 aliphatic heterocycles. The van der Waals surface area contributed by atoms with Crippen molar-refractivity contribution in [2.24, 2.45) is 5.73 Å². The molecule has 0 atom stereocenters. The molecule has 0 aromatic carbocycles. The van der Waals surface area contributed by atoms with Gasteiger partial charge in [0.1, 0.15) is 0 Å². The van der Waals surface area contributed by atoms with Crippen LogP contribution in [0.4, 0.5) is 0 Å². The average Bonchev–Trinajstić information content (AvgIpc) is 1.90. The molecule has 0 bridgehead atoms. The Balaban J connectivity index is -0.000000140. The fourth-order valence-corrected chi connectivity index (χ4v) is 0.193. The summed E-state index contributed by atoms with van der Waals surface area (Å²) in [5.41, 5.74) is 4.04. The number of hydrogen-bond acceptors (Lipinski definition) is 4. The predicted octanol–water partition coefficient (Wildman–Crippen LogP) is -1.45. The monoisotopic (exact) mass is 405 g/mol. The van der Waals surface area contributed by atoms with Crippen LogP contribution in [0.25, 0.3) is 0 Å². The van der Waals surface area contributed by atoms with Crippen molar-refractivity contribution in [3.05, 3.63) is 0 Å². The molecular formula is C5H10FmNO4-. The minimum Gasteiger partial charge on any atom is -0.543 e. The van der Waals surface area contributed by atoms with E-state index in [1.807, 2.05) is 0 Å². The normalized spacial score (nSPS) is 6.36. The van der Waals surface area contributed by atoms with E-state index in [0.29, 0.717) is 0 Å². The average molecular weight is 405 g/mol. The van der Waals surface area contributed by atoms with Gasteiger partial charge in [0.05, 0.1) is 20.1 Å². The van der Waals surface area contributed by atoms with Crippen molar-refractivity contribution in [1.29, 1.82) is 0 Å². The van der Waals surface area contributed by atoms with Crippen LogP contribution in [0.3, 0.4) is 0 Å². The molecular weight excluding hydrogens is 395 g/mol. The Morgan fingerprint density at radius 2 is 2.09 bits per heavy atom. The van der Waals surface area contributed by atoms with Gasteiger partial charge in [-0.05, 0) is 0 Å². The van der Waals surface area contributed by atoms with Gasteiger partial charge in [0.2, 0.25) is 0 Å². The van der Waals surface area contributed by atoms with Crippen molar-refractivity contribution in [1.82, 2.24) is 0 Å². The summed E-state index contributed by atoms with van der Waals surface area (Å²) in [5.74, 6) is -0.373. The topological polar surface area (TPSA) is 89.6 Å². The summed E-state index contributed by atoms with van der Waals surface area (Å²) in [6, 6.07) is 0. The zero-order valence-electron chi connectivity index (χ0n) is 5.95. The van der Waals surface area contributed by atoms with Gasteiger partial charge in [0.25, 0.3) is 0 Å². The molecule has 0 saturated carbocycles. The molecule has 0 unspecified atom stereocenters. The van der Waals surface area contributed by atoms with Crippen LogP contribution in [0.1, 0.15) is 6.42 Å². The second kappa shape index (κ2) is 15.7. The summed E-state index contributed by atoms with van der Waals surface area (Å²) in [7, 11) is 1.29. The zero-order chi connectivity index (χ0) is 8.41. The number of aliphatic hydroxyl groups is 1. The number of carbonyl (C=O) groups excluding carboxylic acids is 2. The third kappa shape index (κ3) is 32.7. The Kier molecular flexibility index (Phi) is 22.7. The number of carbonyl (C=O) groups is 1. The number of rotatable bonds is 2. The maximum Gasteiger partial charge on any atom is 0.307 e. The minimum absolute atomic E-state index is 0. The first-order chi connectivity index (χ1) is 4.72. The number of amides is 1. The largest absolute Gasteiger partial charge is 0.543 e. The molecule has 0 saturated heterocycles. The summed E-state index contributed by atoms with van der Waals surface area (Å²) in [6.07, 6.45) is 1.09. The number of hydrogen-bond donors (Lipinski definition) is 2. The first kappa shape index (κ1) is 16.0. The maximum absolute atomic E-state index is 10.0. The molecule has 0 fully saturated rings. The van der Waals surface area contributed by atoms with E-state index < -0.39 is 0 Å². The quantitative estimate of drug-likeness (QED) is 0.335. The molecule has 0 rings (SSSR count). The zero-order valence-corrected chi connectivity index (χ0v) is 8.36. The molecule has 72 valence electrons. The molecule has 0 spiro atoms. The van der Waals surface area contributed by atoms with Crippen molar-refractivity contribution in [3.63, 3.8) is 0 Å². The van der Waals surface area contributed by atoms with Crippen LogP contribution in [0.2, 0.25) is 0 Å². The number of ether oxygens (including phenoxy) is 1. The molecule has 1 amide bonds. The molecule has 6 heteroatoms. The van der Waals surface area contributed by atoms with Crippen molar-refractivity contribution in [2.75, 3.05) is 13.7 Å². The fourth-order valence-electron chi connectivity index (χ4n) is 0.193. The number of methoxy groups -OCH3 is 1. The molecule has 0 aromatic heterocycles. The molecule has 0 aliphatic carbocycles. The fraction of sp³-hybridized carbons (Fsp3) is 0.600. The Bertz CT molecular complexity index is 98.5. The van der Waals surface area contributed by atoms with Gasteiger partial charge in [-0.25, -0.2) is 0 Å². The molecule has 0 aromatic rings. The maximum atomic E-state index is 10.0. The third-order valence-electron chi connectivity index (χ3n) is 0.544. The molecule has 0 radical (unpaired) electrons. The standard InChI is InChI=1S/C4H8O3.CH2NO.Fm/c1-7-4(6)2-3-5;2-1-3;/h5H,2-3H2,1H3;(H2,2,3);/q;-1;. The van der Waals surface area contributed by atoms with Crippen molar-refractivity contribution < 1.29 is 19.4 Å². The van der Waals surface area contributed by atoms with E-state index in [1.54, 1.807) is 0 Å². The Morgan fingerprint density at radius 3 is 2.18 bits per heavy atom. The molecule has 11 heavy (non-hydrogen) atoms. The second-order valence-corrected chi connectivity index (χ2v) is 1.17. The van der Waals surface area contributed by atoms with Crippen LogP contribution < -0.4 is 5.73 Å². The number of primary amides is 1. The summed E-state index contributed by atoms with van der Waals surface area (Å²) < 4.78 is 4.19. The smallest absolute Gasteiger partial charge is 0.307 e. The third-order valence-corrected chi connectivity index (χ3v) is 0.544. The number of esters is 1. The molecule has 5 nitrogen and oxygen atoms in total. The SMILES string of the molecule is COC(=O)CCO.N[C-]=O.[Fm]. The Labute approximate surface area is 58.8 Å². The van der Waals surface area contributed by atoms with E-state index in [-0.39, 0.29) is 19.0 Å². The van der Waals surface area contributed by atoms with Crippen molar-refractivity contribution in [3.8, 4) is 0 Å². The predicted molar refractivity (Wildman–Crippen MR) is 33.6 cm³/mol. The van der Waals surface area contributed by atoms with Gasteiger partial charge in [-0.2, -0.15) is 6.41 Å². The van der Waals surface area contributed by atoms with E-state index in [9.17, 15) is 4.79 Å². The van der Waals surface area contributed by atoms with Gasteiger partial charge in [0.15, 0.2) is 0 Å². The van der Waals surface area contributed by atoms with E-state index in [4.69, 9.17) is 9.90 Å². The van der Waals surface area contributed by atoms with Gasteiger partial charge in [-0.1, -0.05) is 0 Å². The molecule has 3 N–H and O–H groups in total. The van der Waals surface area contributed by atoms with Crippen molar-refractivity contribution >= 4 is 12.4 Å². The van der Waals surface area contributed by atoms with Crippen LogP contribution in [-0.2, 0) is 14.3 Å². The van der Waals surface area contributed by atoms with Gasteiger partial charge in [-0.3, -0.25) is 4.79 Å². The van der Waals surface area contributed by atoms with Gasteiger partial charge in [0, 0.05) is 0 Å². The summed E-state index contributed by atoms with van der Waals surface area (Å²) in [6.45, 7) is -0.132. The van der Waals surface area contributed by atoms with Gasteiger partial charge < -0.3 is 20.4 Å². The van der Waals surface area contributed by atoms with Crippen molar-refractivity contribution in [2.45, 2.75) is 6.42 Å². The van der Waals surface area contributed by atoms with Crippen LogP contribution in [0.15, 0.2) is 0 Å². The Morgan fingerprint density at radius 1 is 1.73 bits per heavy atom. The van der Waals surface area contributed by atoms with Crippen LogP contribution in [0, 0.1) is 0 Å². The second-order valence-electron chi connectivity index (χ2n) is 1.17. The first-order valence-electron chi connectivity index (χ1n) is 2.48. The van der Waals surface area contributed by atoms with Gasteiger partial charge >= 0.3 is 5.97 Å². The minimum atomic E-state index is -0.373. The van der Waals surface area contributed by atoms with Gasteiger partial charge in [-0.15, -0.1) is 0 Å². The molecule has 0 aliphatic rings. The van der Waals surface area contributed by atoms with E-state index in [1.165, 1.54) is 7.11 Å². The van der Waals surface area contributed by atoms with E-state index >= 15 is 0 Å². The number of aliphatic hydroxyl groups excluding tert-OH is 1. The Hall–Kier alpha value is -2.10. The summed E-state index contributed by atoms with van der Waals surface area (Å²) in [4.78, 5) is 18.5. The van der Waals surface area contributed by atoms with Crippen LogP contribution in [0.5, 0.6) is 0 Å². The van der Waals surface area contributed by atoms with E-state index in [2.05, 4.69) is 10.5 Å². The molecule has 0 heterocycles. The summed E-state index contributed by atoms with van der Waals surface area (Å²) >= 11 is 0. The van der Waals surface area contributed by atoms with Crippen LogP contribution in [-0.4, -0.2) is 31.2 Å². The summed E-state index contributed by atoms with van der Waals surface area (Å²) in [5, 5.41) is 8.07. The van der Waals surface area contributed by atoms with E-state index in [0.717, 1.165) is 6.41 Å². The first-order valence-corrected chi connectivity index (χ1v) is 2.48. The van der Waals surface area contributed by atoms with Crippen LogP contribution >= 0.6 is 0 Å².